The zero-order valence-electron chi connectivity index (χ0n) is 11.0. The molecule has 0 amide bonds. The molecule has 0 N–H and O–H groups in total. The molecule has 0 atom stereocenters. The third-order valence-electron chi connectivity index (χ3n) is 4.17. The standard InChI is InChI=1S/C16H22NO/c1-2-6-14(7-3-1)10-11-18-17-12-15-8-4-5-9-16(15)13-17/h4-5,8-9,12,14H,1-3,6-7,10-11,13H2/q+1. The van der Waals surface area contributed by atoms with Crippen molar-refractivity contribution in [2.24, 2.45) is 5.92 Å². The molecule has 96 valence electrons. The zero-order chi connectivity index (χ0) is 12.2. The van der Waals surface area contributed by atoms with Crippen LogP contribution in [0.3, 0.4) is 0 Å². The van der Waals surface area contributed by atoms with E-state index in [4.69, 9.17) is 4.84 Å². The Hall–Kier alpha value is -1.31. The molecule has 2 heteroatoms. The molecule has 3 rings (SSSR count). The van der Waals surface area contributed by atoms with Crippen LogP contribution in [0.15, 0.2) is 24.3 Å². The minimum absolute atomic E-state index is 0.870. The van der Waals surface area contributed by atoms with Crippen LogP contribution in [0.5, 0.6) is 0 Å². The summed E-state index contributed by atoms with van der Waals surface area (Å²) in [5.41, 5.74) is 2.67. The summed E-state index contributed by atoms with van der Waals surface area (Å²) in [6.45, 7) is 1.77. The third kappa shape index (κ3) is 2.74. The first-order valence-corrected chi connectivity index (χ1v) is 7.24. The smallest absolute Gasteiger partial charge is 0.223 e. The molecule has 0 unspecified atom stereocenters. The molecule has 1 fully saturated rings. The maximum absolute atomic E-state index is 5.87. The lowest BCUT2D eigenvalue weighted by Crippen LogP contribution is -2.14. The van der Waals surface area contributed by atoms with Crippen LogP contribution in [0.2, 0.25) is 0 Å². The Morgan fingerprint density at radius 3 is 2.78 bits per heavy atom. The van der Waals surface area contributed by atoms with Crippen LogP contribution in [0, 0.1) is 5.92 Å². The molecule has 1 aliphatic heterocycles. The first-order valence-electron chi connectivity index (χ1n) is 7.24. The van der Waals surface area contributed by atoms with E-state index >= 15 is 0 Å². The molecular formula is C16H22NO+. The quantitative estimate of drug-likeness (QED) is 0.738. The Kier molecular flexibility index (Phi) is 3.63. The maximum atomic E-state index is 5.87. The highest BCUT2D eigenvalue weighted by atomic mass is 16.7. The fraction of sp³-hybridized carbons (Fsp3) is 0.562. The summed E-state index contributed by atoms with van der Waals surface area (Å²) in [5, 5.41) is 0. The number of rotatable bonds is 4. The topological polar surface area (TPSA) is 12.2 Å². The lowest BCUT2D eigenvalue weighted by atomic mass is 9.87. The average molecular weight is 244 g/mol. The summed E-state index contributed by atoms with van der Waals surface area (Å²) in [6, 6.07) is 8.51. The molecule has 0 radical (unpaired) electrons. The van der Waals surface area contributed by atoms with Gasteiger partial charge in [0.25, 0.3) is 0 Å². The number of hydroxylamine groups is 1. The average Bonchev–Trinajstić information content (AvgIpc) is 2.82. The van der Waals surface area contributed by atoms with E-state index in [1.54, 1.807) is 0 Å². The van der Waals surface area contributed by atoms with Gasteiger partial charge in [-0.15, -0.1) is 0 Å². The Bertz CT molecular complexity index is 432. The molecule has 18 heavy (non-hydrogen) atoms. The van der Waals surface area contributed by atoms with Crippen molar-refractivity contribution in [1.29, 1.82) is 0 Å². The first kappa shape index (κ1) is 11.8. The summed E-state index contributed by atoms with van der Waals surface area (Å²) in [7, 11) is 0. The summed E-state index contributed by atoms with van der Waals surface area (Å²) >= 11 is 0. The van der Waals surface area contributed by atoms with Gasteiger partial charge < -0.3 is 0 Å². The molecule has 1 aliphatic carbocycles. The van der Waals surface area contributed by atoms with Crippen molar-refractivity contribution in [2.45, 2.75) is 45.1 Å². The third-order valence-corrected chi connectivity index (χ3v) is 4.17. The van der Waals surface area contributed by atoms with Crippen molar-refractivity contribution >= 4 is 6.21 Å². The number of nitrogens with zero attached hydrogens (tertiary/aromatic N) is 1. The molecule has 0 saturated heterocycles. The second kappa shape index (κ2) is 5.55. The van der Waals surface area contributed by atoms with Crippen LogP contribution in [0.25, 0.3) is 0 Å². The highest BCUT2D eigenvalue weighted by Crippen LogP contribution is 2.26. The monoisotopic (exact) mass is 244 g/mol. The molecule has 0 bridgehead atoms. The molecular weight excluding hydrogens is 222 g/mol. The van der Waals surface area contributed by atoms with Crippen LogP contribution < -0.4 is 0 Å². The van der Waals surface area contributed by atoms with Gasteiger partial charge in [-0.25, -0.2) is 0 Å². The van der Waals surface area contributed by atoms with E-state index in [2.05, 4.69) is 30.5 Å². The number of hydrogen-bond donors (Lipinski definition) is 0. The summed E-state index contributed by atoms with van der Waals surface area (Å²) in [4.78, 5) is 5.87. The van der Waals surface area contributed by atoms with E-state index in [1.165, 1.54) is 49.7 Å². The predicted octanol–water partition coefficient (Wildman–Crippen LogP) is 3.53. The van der Waals surface area contributed by atoms with E-state index in [9.17, 15) is 0 Å². The van der Waals surface area contributed by atoms with Crippen molar-refractivity contribution < 1.29 is 9.58 Å². The number of fused-ring (bicyclic) bond motifs is 1. The van der Waals surface area contributed by atoms with Crippen LogP contribution >= 0.6 is 0 Å². The second-order valence-corrected chi connectivity index (χ2v) is 5.53. The number of benzene rings is 1. The van der Waals surface area contributed by atoms with Gasteiger partial charge >= 0.3 is 0 Å². The molecule has 0 spiro atoms. The molecule has 0 aromatic heterocycles. The fourth-order valence-electron chi connectivity index (χ4n) is 3.07. The summed E-state index contributed by atoms with van der Waals surface area (Å²) < 4.78 is 1.99. The van der Waals surface area contributed by atoms with Crippen molar-refractivity contribution in [3.05, 3.63) is 35.4 Å². The van der Waals surface area contributed by atoms with Gasteiger partial charge in [0, 0.05) is 5.56 Å². The summed E-state index contributed by atoms with van der Waals surface area (Å²) in [6.07, 6.45) is 10.4. The number of hydrogen-bond acceptors (Lipinski definition) is 1. The molecule has 1 heterocycles. The predicted molar refractivity (Wildman–Crippen MR) is 72.7 cm³/mol. The lowest BCUT2D eigenvalue weighted by Gasteiger charge is -2.20. The second-order valence-electron chi connectivity index (χ2n) is 5.53. The van der Waals surface area contributed by atoms with E-state index in [0.29, 0.717) is 0 Å². The highest BCUT2D eigenvalue weighted by Gasteiger charge is 2.21. The minimum Gasteiger partial charge on any atom is -0.277 e. The van der Waals surface area contributed by atoms with Crippen molar-refractivity contribution in [1.82, 2.24) is 0 Å². The van der Waals surface area contributed by atoms with Crippen LogP contribution in [-0.4, -0.2) is 17.6 Å². The Balaban J connectivity index is 1.45. The van der Waals surface area contributed by atoms with Gasteiger partial charge in [0.15, 0.2) is 6.61 Å². The normalized spacial score (nSPS) is 19.4. The van der Waals surface area contributed by atoms with Gasteiger partial charge in [0.2, 0.25) is 12.8 Å². The molecule has 1 saturated carbocycles. The van der Waals surface area contributed by atoms with Crippen LogP contribution in [0.4, 0.5) is 0 Å². The Morgan fingerprint density at radius 2 is 1.94 bits per heavy atom. The van der Waals surface area contributed by atoms with Crippen molar-refractivity contribution in [2.75, 3.05) is 6.61 Å². The van der Waals surface area contributed by atoms with Gasteiger partial charge in [-0.3, -0.25) is 4.84 Å². The molecule has 1 aromatic rings. The zero-order valence-corrected chi connectivity index (χ0v) is 11.0. The van der Waals surface area contributed by atoms with E-state index in [-0.39, 0.29) is 0 Å². The van der Waals surface area contributed by atoms with E-state index in [0.717, 1.165) is 19.1 Å². The maximum Gasteiger partial charge on any atom is 0.223 e. The van der Waals surface area contributed by atoms with Gasteiger partial charge in [0.1, 0.15) is 0 Å². The SMILES string of the molecule is C1=[N+](OCCC2CCCCC2)Cc2ccccc21. The Morgan fingerprint density at radius 1 is 1.11 bits per heavy atom. The van der Waals surface area contributed by atoms with Gasteiger partial charge in [0.05, 0.1) is 5.56 Å². The van der Waals surface area contributed by atoms with Crippen LogP contribution in [0.1, 0.15) is 49.7 Å². The van der Waals surface area contributed by atoms with E-state index < -0.39 is 0 Å². The minimum atomic E-state index is 0.870. The van der Waals surface area contributed by atoms with Gasteiger partial charge in [-0.2, -0.15) is 0 Å². The molecule has 2 nitrogen and oxygen atoms in total. The molecule has 1 aromatic carbocycles. The highest BCUT2D eigenvalue weighted by molar-refractivity contribution is 5.79. The molecule has 2 aliphatic rings. The van der Waals surface area contributed by atoms with Crippen molar-refractivity contribution in [3.8, 4) is 0 Å². The van der Waals surface area contributed by atoms with Gasteiger partial charge in [-0.1, -0.05) is 50.3 Å². The summed E-state index contributed by atoms with van der Waals surface area (Å²) in [5.74, 6) is 0.906. The first-order chi connectivity index (χ1) is 8.92. The van der Waals surface area contributed by atoms with Crippen molar-refractivity contribution in [3.63, 3.8) is 0 Å². The van der Waals surface area contributed by atoms with Gasteiger partial charge in [-0.05, 0) is 23.1 Å². The van der Waals surface area contributed by atoms with E-state index in [1.807, 2.05) is 4.74 Å². The lowest BCUT2D eigenvalue weighted by molar-refractivity contribution is -0.793. The fourth-order valence-corrected chi connectivity index (χ4v) is 3.07. The Labute approximate surface area is 109 Å². The van der Waals surface area contributed by atoms with Crippen LogP contribution in [-0.2, 0) is 11.4 Å². The largest absolute Gasteiger partial charge is 0.277 e.